The Morgan fingerprint density at radius 2 is 1.68 bits per heavy atom. The molecule has 0 spiro atoms. The number of likely N-dealkylation sites (N-methyl/N-ethyl adjacent to an activating group) is 1. The van der Waals surface area contributed by atoms with Gasteiger partial charge in [-0.2, -0.15) is 0 Å². The molecule has 7 heteroatoms. The maximum absolute atomic E-state index is 12.5. The smallest absolute Gasteiger partial charge is 0.316 e. The number of amides is 3. The molecule has 1 fully saturated rings. The molecule has 1 saturated heterocycles. The molecule has 2 aromatic carbocycles. The molecule has 0 saturated carbocycles. The molecule has 1 heterocycles. The van der Waals surface area contributed by atoms with E-state index >= 15 is 0 Å². The Hall–Kier alpha value is -3.06. The van der Waals surface area contributed by atoms with Crippen LogP contribution in [0.4, 0.5) is 21.9 Å². The van der Waals surface area contributed by atoms with Gasteiger partial charge in [0.2, 0.25) is 0 Å². The zero-order chi connectivity index (χ0) is 20.1. The Kier molecular flexibility index (Phi) is 6.16. The van der Waals surface area contributed by atoms with E-state index in [0.29, 0.717) is 11.3 Å². The first-order valence-corrected chi connectivity index (χ1v) is 9.52. The van der Waals surface area contributed by atoms with Gasteiger partial charge >= 0.3 is 6.03 Å². The number of piperazine rings is 1. The van der Waals surface area contributed by atoms with E-state index < -0.39 is 6.03 Å². The highest BCUT2D eigenvalue weighted by Gasteiger charge is 2.17. The number of hydrogen-bond acceptors (Lipinski definition) is 4. The minimum Gasteiger partial charge on any atom is -0.369 e. The molecule has 1 aliphatic heterocycles. The predicted octanol–water partition coefficient (Wildman–Crippen LogP) is 2.88. The average molecular weight is 381 g/mol. The van der Waals surface area contributed by atoms with Gasteiger partial charge in [-0.05, 0) is 61.5 Å². The minimum absolute atomic E-state index is 0.196. The van der Waals surface area contributed by atoms with Crippen molar-refractivity contribution in [3.63, 3.8) is 0 Å². The summed E-state index contributed by atoms with van der Waals surface area (Å²) in [6.45, 7) is 9.48. The fraction of sp³-hybridized carbons (Fsp3) is 0.333. The largest absolute Gasteiger partial charge is 0.369 e. The summed E-state index contributed by atoms with van der Waals surface area (Å²) in [5.41, 5.74) is 9.15. The third-order valence-corrected chi connectivity index (χ3v) is 5.06. The topological polar surface area (TPSA) is 90.7 Å². The van der Waals surface area contributed by atoms with E-state index in [1.807, 2.05) is 13.0 Å². The van der Waals surface area contributed by atoms with Gasteiger partial charge in [-0.25, -0.2) is 4.79 Å². The van der Waals surface area contributed by atoms with Crippen molar-refractivity contribution in [1.82, 2.24) is 4.90 Å². The van der Waals surface area contributed by atoms with Crippen LogP contribution < -0.4 is 21.3 Å². The Morgan fingerprint density at radius 1 is 1.00 bits per heavy atom. The third-order valence-electron chi connectivity index (χ3n) is 5.06. The number of rotatable bonds is 5. The quantitative estimate of drug-likeness (QED) is 0.743. The fourth-order valence-corrected chi connectivity index (χ4v) is 3.35. The highest BCUT2D eigenvalue weighted by molar-refractivity contribution is 6.05. The van der Waals surface area contributed by atoms with Crippen LogP contribution in [0.25, 0.3) is 0 Å². The van der Waals surface area contributed by atoms with Gasteiger partial charge in [0.25, 0.3) is 5.91 Å². The van der Waals surface area contributed by atoms with E-state index in [9.17, 15) is 9.59 Å². The second-order valence-electron chi connectivity index (χ2n) is 6.94. The molecule has 28 heavy (non-hydrogen) atoms. The summed E-state index contributed by atoms with van der Waals surface area (Å²) in [5, 5.41) is 5.43. The maximum atomic E-state index is 12.5. The van der Waals surface area contributed by atoms with E-state index in [2.05, 4.69) is 39.5 Å². The lowest BCUT2D eigenvalue weighted by Crippen LogP contribution is -2.46. The van der Waals surface area contributed by atoms with Crippen molar-refractivity contribution in [3.05, 3.63) is 53.6 Å². The van der Waals surface area contributed by atoms with Crippen LogP contribution in [-0.2, 0) is 0 Å². The molecule has 148 valence electrons. The molecule has 1 aliphatic rings. The minimum atomic E-state index is -0.635. The molecule has 0 radical (unpaired) electrons. The van der Waals surface area contributed by atoms with Gasteiger partial charge < -0.3 is 26.2 Å². The van der Waals surface area contributed by atoms with Crippen LogP contribution in [0.15, 0.2) is 42.5 Å². The number of anilines is 3. The normalized spacial score (nSPS) is 14.6. The van der Waals surface area contributed by atoms with Crippen LogP contribution in [0.3, 0.4) is 0 Å². The van der Waals surface area contributed by atoms with Crippen molar-refractivity contribution in [3.8, 4) is 0 Å². The zero-order valence-corrected chi connectivity index (χ0v) is 16.4. The number of nitrogens with one attached hydrogen (secondary N) is 2. The van der Waals surface area contributed by atoms with Gasteiger partial charge in [-0.15, -0.1) is 0 Å². The molecular weight excluding hydrogens is 354 g/mol. The SMILES string of the molecule is CCN1CCN(c2ccc(NC(=O)c3ccc(NC(N)=O)cc3)c(C)c2)CC1. The Balaban J connectivity index is 1.64. The number of nitrogens with two attached hydrogens (primary N) is 1. The number of nitrogens with zero attached hydrogens (tertiary/aromatic N) is 2. The Morgan fingerprint density at radius 3 is 2.25 bits per heavy atom. The molecule has 0 aliphatic carbocycles. The van der Waals surface area contributed by atoms with E-state index in [1.54, 1.807) is 24.3 Å². The molecule has 7 nitrogen and oxygen atoms in total. The van der Waals surface area contributed by atoms with E-state index in [-0.39, 0.29) is 5.91 Å². The molecule has 3 rings (SSSR count). The van der Waals surface area contributed by atoms with Crippen molar-refractivity contribution >= 4 is 29.0 Å². The fourth-order valence-electron chi connectivity index (χ4n) is 3.35. The summed E-state index contributed by atoms with van der Waals surface area (Å²) in [6, 6.07) is 12.1. The molecule has 3 amide bonds. The second-order valence-corrected chi connectivity index (χ2v) is 6.94. The second kappa shape index (κ2) is 8.75. The van der Waals surface area contributed by atoms with Gasteiger partial charge in [0.1, 0.15) is 0 Å². The van der Waals surface area contributed by atoms with Gasteiger partial charge in [0.05, 0.1) is 0 Å². The summed E-state index contributed by atoms with van der Waals surface area (Å²) >= 11 is 0. The standard InChI is InChI=1S/C21H27N5O2/c1-3-25-10-12-26(13-11-25)18-8-9-19(15(2)14-18)24-20(27)16-4-6-17(7-5-16)23-21(22)28/h4-9,14H,3,10-13H2,1-2H3,(H,24,27)(H3,22,23,28). The molecular formula is C21H27N5O2. The highest BCUT2D eigenvalue weighted by atomic mass is 16.2. The van der Waals surface area contributed by atoms with Gasteiger partial charge in [0.15, 0.2) is 0 Å². The van der Waals surface area contributed by atoms with Crippen molar-refractivity contribution in [2.24, 2.45) is 5.73 Å². The monoisotopic (exact) mass is 381 g/mol. The molecule has 0 aromatic heterocycles. The lowest BCUT2D eigenvalue weighted by molar-refractivity contribution is 0.102. The third kappa shape index (κ3) is 4.80. The predicted molar refractivity (Wildman–Crippen MR) is 113 cm³/mol. The first kappa shape index (κ1) is 19.7. The van der Waals surface area contributed by atoms with E-state index in [1.165, 1.54) is 5.69 Å². The number of carbonyl (C=O) groups excluding carboxylic acids is 2. The summed E-state index contributed by atoms with van der Waals surface area (Å²) in [6.07, 6.45) is 0. The van der Waals surface area contributed by atoms with Gasteiger partial charge in [0, 0.05) is 48.8 Å². The number of hydrogen-bond donors (Lipinski definition) is 3. The lowest BCUT2D eigenvalue weighted by atomic mass is 10.1. The first-order valence-electron chi connectivity index (χ1n) is 9.52. The summed E-state index contributed by atoms with van der Waals surface area (Å²) in [4.78, 5) is 28.2. The molecule has 0 atom stereocenters. The van der Waals surface area contributed by atoms with Crippen LogP contribution in [0.2, 0.25) is 0 Å². The Bertz CT molecular complexity index is 842. The summed E-state index contributed by atoms with van der Waals surface area (Å²) in [5.74, 6) is -0.196. The molecule has 2 aromatic rings. The summed E-state index contributed by atoms with van der Waals surface area (Å²) in [7, 11) is 0. The number of aryl methyl sites for hydroxylation is 1. The number of urea groups is 1. The van der Waals surface area contributed by atoms with Gasteiger partial charge in [-0.3, -0.25) is 4.79 Å². The number of primary amides is 1. The number of benzene rings is 2. The van der Waals surface area contributed by atoms with Crippen LogP contribution in [0.1, 0.15) is 22.8 Å². The van der Waals surface area contributed by atoms with Crippen LogP contribution in [0.5, 0.6) is 0 Å². The zero-order valence-electron chi connectivity index (χ0n) is 16.4. The Labute approximate surface area is 165 Å². The van der Waals surface area contributed by atoms with Crippen molar-refractivity contribution in [2.75, 3.05) is 48.3 Å². The van der Waals surface area contributed by atoms with Crippen molar-refractivity contribution in [1.29, 1.82) is 0 Å². The van der Waals surface area contributed by atoms with E-state index in [0.717, 1.165) is 44.0 Å². The molecule has 0 unspecified atom stereocenters. The lowest BCUT2D eigenvalue weighted by Gasteiger charge is -2.35. The van der Waals surface area contributed by atoms with Crippen LogP contribution in [-0.4, -0.2) is 49.6 Å². The molecule has 0 bridgehead atoms. The molecule has 4 N–H and O–H groups in total. The first-order chi connectivity index (χ1) is 13.5. The maximum Gasteiger partial charge on any atom is 0.316 e. The van der Waals surface area contributed by atoms with Crippen molar-refractivity contribution in [2.45, 2.75) is 13.8 Å². The number of carbonyl (C=O) groups is 2. The van der Waals surface area contributed by atoms with Crippen LogP contribution in [0, 0.1) is 6.92 Å². The van der Waals surface area contributed by atoms with Gasteiger partial charge in [-0.1, -0.05) is 6.92 Å². The highest BCUT2D eigenvalue weighted by Crippen LogP contribution is 2.24. The summed E-state index contributed by atoms with van der Waals surface area (Å²) < 4.78 is 0. The average Bonchev–Trinajstić information content (AvgIpc) is 2.69. The van der Waals surface area contributed by atoms with Crippen LogP contribution >= 0.6 is 0 Å². The van der Waals surface area contributed by atoms with E-state index in [4.69, 9.17) is 5.73 Å². The van der Waals surface area contributed by atoms with Crippen molar-refractivity contribution < 1.29 is 9.59 Å².